The fourth-order valence-corrected chi connectivity index (χ4v) is 0.879. The molecule has 5 heteroatoms. The van der Waals surface area contributed by atoms with Gasteiger partial charge in [-0.1, -0.05) is 0 Å². The maximum Gasteiger partial charge on any atom is 0.336 e. The Kier molecular flexibility index (Phi) is 6.44. The predicted molar refractivity (Wildman–Crippen MR) is 49.3 cm³/mol. The Morgan fingerprint density at radius 3 is 2.21 bits per heavy atom. The van der Waals surface area contributed by atoms with E-state index in [-0.39, 0.29) is 6.42 Å². The molecule has 3 atom stereocenters. The number of rotatable bonds is 6. The number of esters is 1. The van der Waals surface area contributed by atoms with Gasteiger partial charge in [-0.05, 0) is 26.7 Å². The smallest absolute Gasteiger partial charge is 0.336 e. The lowest BCUT2D eigenvalue weighted by atomic mass is 10.2. The molecule has 0 spiro atoms. The summed E-state index contributed by atoms with van der Waals surface area (Å²) in [6.07, 6.45) is -1.47. The highest BCUT2D eigenvalue weighted by atomic mass is 16.6. The van der Waals surface area contributed by atoms with Gasteiger partial charge in [0.2, 0.25) is 6.29 Å². The lowest BCUT2D eigenvalue weighted by Crippen LogP contribution is -2.25. The molecule has 0 radical (unpaired) electrons. The van der Waals surface area contributed by atoms with Gasteiger partial charge in [-0.15, -0.1) is 0 Å². The van der Waals surface area contributed by atoms with Gasteiger partial charge in [0.1, 0.15) is 6.10 Å². The number of carbonyl (C=O) groups is 1. The van der Waals surface area contributed by atoms with E-state index in [2.05, 4.69) is 4.74 Å². The summed E-state index contributed by atoms with van der Waals surface area (Å²) in [6, 6.07) is 0. The SMILES string of the molecule is CC(O)CCCC(O)OC(=O)C(C)O. The second-order valence-corrected chi connectivity index (χ2v) is 3.35. The van der Waals surface area contributed by atoms with Gasteiger partial charge in [-0.3, -0.25) is 0 Å². The molecule has 0 aliphatic heterocycles. The van der Waals surface area contributed by atoms with Gasteiger partial charge in [-0.2, -0.15) is 0 Å². The lowest BCUT2D eigenvalue weighted by molar-refractivity contribution is -0.177. The Labute approximate surface area is 83.3 Å². The molecule has 3 unspecified atom stereocenters. The average molecular weight is 206 g/mol. The third kappa shape index (κ3) is 6.82. The fraction of sp³-hybridized carbons (Fsp3) is 0.889. The molecule has 0 aromatic rings. The summed E-state index contributed by atoms with van der Waals surface area (Å²) in [5, 5.41) is 26.8. The molecule has 0 aromatic carbocycles. The van der Waals surface area contributed by atoms with Gasteiger partial charge in [0.15, 0.2) is 0 Å². The van der Waals surface area contributed by atoms with Crippen LogP contribution in [-0.4, -0.2) is 39.8 Å². The van der Waals surface area contributed by atoms with Crippen molar-refractivity contribution in [3.8, 4) is 0 Å². The molecular formula is C9H18O5. The zero-order valence-electron chi connectivity index (χ0n) is 8.51. The number of hydrogen-bond acceptors (Lipinski definition) is 5. The Morgan fingerprint density at radius 1 is 1.21 bits per heavy atom. The first kappa shape index (κ1) is 13.4. The largest absolute Gasteiger partial charge is 0.434 e. The highest BCUT2D eigenvalue weighted by Crippen LogP contribution is 2.05. The highest BCUT2D eigenvalue weighted by molar-refractivity contribution is 5.73. The van der Waals surface area contributed by atoms with Crippen molar-refractivity contribution < 1.29 is 24.9 Å². The quantitative estimate of drug-likeness (QED) is 0.413. The average Bonchev–Trinajstić information content (AvgIpc) is 2.02. The fourth-order valence-electron chi connectivity index (χ4n) is 0.879. The van der Waals surface area contributed by atoms with Crippen LogP contribution < -0.4 is 0 Å². The van der Waals surface area contributed by atoms with E-state index in [0.717, 1.165) is 0 Å². The van der Waals surface area contributed by atoms with E-state index in [0.29, 0.717) is 12.8 Å². The first-order valence-electron chi connectivity index (χ1n) is 4.68. The molecule has 14 heavy (non-hydrogen) atoms. The lowest BCUT2D eigenvalue weighted by Gasteiger charge is -2.13. The minimum Gasteiger partial charge on any atom is -0.434 e. The van der Waals surface area contributed by atoms with Crippen LogP contribution in [0.25, 0.3) is 0 Å². The summed E-state index contributed by atoms with van der Waals surface area (Å²) in [4.78, 5) is 10.8. The Balaban J connectivity index is 3.55. The molecular weight excluding hydrogens is 188 g/mol. The first-order valence-corrected chi connectivity index (χ1v) is 4.68. The van der Waals surface area contributed by atoms with Crippen LogP contribution in [0.4, 0.5) is 0 Å². The van der Waals surface area contributed by atoms with Crippen LogP contribution in [-0.2, 0) is 9.53 Å². The molecule has 0 amide bonds. The molecule has 0 saturated carbocycles. The molecule has 0 aliphatic carbocycles. The van der Waals surface area contributed by atoms with Crippen LogP contribution in [0, 0.1) is 0 Å². The summed E-state index contributed by atoms with van der Waals surface area (Å²) in [7, 11) is 0. The maximum atomic E-state index is 10.8. The van der Waals surface area contributed by atoms with Crippen LogP contribution in [0.15, 0.2) is 0 Å². The summed E-state index contributed by atoms with van der Waals surface area (Å²) >= 11 is 0. The summed E-state index contributed by atoms with van der Waals surface area (Å²) in [5.41, 5.74) is 0. The van der Waals surface area contributed by atoms with Crippen LogP contribution in [0.1, 0.15) is 33.1 Å². The summed E-state index contributed by atoms with van der Waals surface area (Å²) in [5.74, 6) is -0.838. The van der Waals surface area contributed by atoms with Gasteiger partial charge >= 0.3 is 5.97 Å². The highest BCUT2D eigenvalue weighted by Gasteiger charge is 2.15. The summed E-state index contributed by atoms with van der Waals surface area (Å²) < 4.78 is 4.48. The number of hydrogen-bond donors (Lipinski definition) is 3. The van der Waals surface area contributed by atoms with E-state index in [9.17, 15) is 4.79 Å². The Morgan fingerprint density at radius 2 is 1.79 bits per heavy atom. The minimum atomic E-state index is -1.22. The monoisotopic (exact) mass is 206 g/mol. The number of ether oxygens (including phenoxy) is 1. The van der Waals surface area contributed by atoms with Crippen molar-refractivity contribution in [2.75, 3.05) is 0 Å². The number of aliphatic hydroxyl groups is 3. The predicted octanol–water partition coefficient (Wildman–Crippen LogP) is -0.220. The molecule has 0 rings (SSSR count). The van der Waals surface area contributed by atoms with Gasteiger partial charge in [0.25, 0.3) is 0 Å². The number of aliphatic hydroxyl groups excluding tert-OH is 3. The topological polar surface area (TPSA) is 87.0 Å². The molecule has 0 bridgehead atoms. The van der Waals surface area contributed by atoms with E-state index in [1.807, 2.05) is 0 Å². The van der Waals surface area contributed by atoms with Crippen molar-refractivity contribution in [1.29, 1.82) is 0 Å². The second kappa shape index (κ2) is 6.75. The third-order valence-corrected chi connectivity index (χ3v) is 1.67. The van der Waals surface area contributed by atoms with Crippen molar-refractivity contribution in [2.45, 2.75) is 51.6 Å². The van der Waals surface area contributed by atoms with E-state index in [1.54, 1.807) is 6.92 Å². The number of carbonyl (C=O) groups excluding carboxylic acids is 1. The molecule has 3 N–H and O–H groups in total. The van der Waals surface area contributed by atoms with Crippen molar-refractivity contribution in [1.82, 2.24) is 0 Å². The molecule has 0 fully saturated rings. The Bertz CT molecular complexity index is 167. The van der Waals surface area contributed by atoms with Gasteiger partial charge in [-0.25, -0.2) is 4.79 Å². The van der Waals surface area contributed by atoms with Gasteiger partial charge < -0.3 is 20.1 Å². The molecule has 5 nitrogen and oxygen atoms in total. The van der Waals surface area contributed by atoms with Crippen molar-refractivity contribution >= 4 is 5.97 Å². The van der Waals surface area contributed by atoms with Crippen LogP contribution in [0.5, 0.6) is 0 Å². The first-order chi connectivity index (χ1) is 6.43. The van der Waals surface area contributed by atoms with Gasteiger partial charge in [0, 0.05) is 6.42 Å². The van der Waals surface area contributed by atoms with E-state index in [1.165, 1.54) is 6.92 Å². The molecule has 0 aliphatic rings. The van der Waals surface area contributed by atoms with Crippen molar-refractivity contribution in [3.05, 3.63) is 0 Å². The molecule has 0 saturated heterocycles. The van der Waals surface area contributed by atoms with Crippen LogP contribution in [0.2, 0.25) is 0 Å². The van der Waals surface area contributed by atoms with E-state index >= 15 is 0 Å². The molecule has 0 heterocycles. The molecule has 0 aromatic heterocycles. The summed E-state index contributed by atoms with van der Waals surface area (Å²) in [6.45, 7) is 2.92. The Hall–Kier alpha value is -0.650. The van der Waals surface area contributed by atoms with Crippen LogP contribution >= 0.6 is 0 Å². The zero-order chi connectivity index (χ0) is 11.1. The third-order valence-electron chi connectivity index (χ3n) is 1.67. The zero-order valence-corrected chi connectivity index (χ0v) is 8.51. The van der Waals surface area contributed by atoms with Crippen molar-refractivity contribution in [2.24, 2.45) is 0 Å². The second-order valence-electron chi connectivity index (χ2n) is 3.35. The van der Waals surface area contributed by atoms with Crippen molar-refractivity contribution in [3.63, 3.8) is 0 Å². The van der Waals surface area contributed by atoms with Gasteiger partial charge in [0.05, 0.1) is 6.10 Å². The van der Waals surface area contributed by atoms with E-state index in [4.69, 9.17) is 15.3 Å². The molecule has 84 valence electrons. The van der Waals surface area contributed by atoms with E-state index < -0.39 is 24.5 Å². The standard InChI is InChI=1S/C9H18O5/c1-6(10)4-3-5-8(12)14-9(13)7(2)11/h6-8,10-12H,3-5H2,1-2H3. The normalized spacial score (nSPS) is 17.2. The maximum absolute atomic E-state index is 10.8. The minimum absolute atomic E-state index is 0.267. The van der Waals surface area contributed by atoms with Crippen LogP contribution in [0.3, 0.4) is 0 Å².